The van der Waals surface area contributed by atoms with Crippen LogP contribution in [0.15, 0.2) is 0 Å². The Labute approximate surface area is 66.5 Å². The van der Waals surface area contributed by atoms with Gasteiger partial charge in [0.1, 0.15) is 5.60 Å². The molecule has 0 heterocycles. The Bertz CT molecular complexity index is 119. The van der Waals surface area contributed by atoms with Crippen LogP contribution in [0.4, 0.5) is 0 Å². The van der Waals surface area contributed by atoms with Gasteiger partial charge in [0.2, 0.25) is 0 Å². The maximum Gasteiger partial charge on any atom is 0.178 e. The Morgan fingerprint density at radius 1 is 1.70 bits per heavy atom. The van der Waals surface area contributed by atoms with Crippen LogP contribution < -0.4 is 0 Å². The van der Waals surface area contributed by atoms with E-state index >= 15 is 0 Å². The molecule has 1 unspecified atom stereocenters. The van der Waals surface area contributed by atoms with Crippen molar-refractivity contribution in [2.45, 2.75) is 25.9 Å². The maximum absolute atomic E-state index is 11.0. The van der Waals surface area contributed by atoms with E-state index in [0.717, 1.165) is 0 Å². The third-order valence-corrected chi connectivity index (χ3v) is 2.08. The van der Waals surface area contributed by atoms with Crippen molar-refractivity contribution in [1.82, 2.24) is 0 Å². The largest absolute Gasteiger partial charge is 0.371 e. The minimum Gasteiger partial charge on any atom is -0.371 e. The quantitative estimate of drug-likeness (QED) is 0.591. The standard InChI is InChI=1S/C7H13ClO2/c1-4-7(2,10-3)6(9)5-8/h4-5H2,1-3H3. The molecule has 0 aliphatic carbocycles. The van der Waals surface area contributed by atoms with Gasteiger partial charge in [0.15, 0.2) is 5.78 Å². The summed E-state index contributed by atoms with van der Waals surface area (Å²) in [6, 6.07) is 0. The van der Waals surface area contributed by atoms with Gasteiger partial charge >= 0.3 is 0 Å². The third kappa shape index (κ3) is 1.96. The summed E-state index contributed by atoms with van der Waals surface area (Å²) >= 11 is 5.36. The number of halogens is 1. The van der Waals surface area contributed by atoms with E-state index in [4.69, 9.17) is 16.3 Å². The fraction of sp³-hybridized carbons (Fsp3) is 0.857. The van der Waals surface area contributed by atoms with Gasteiger partial charge < -0.3 is 4.74 Å². The van der Waals surface area contributed by atoms with Crippen LogP contribution in [-0.4, -0.2) is 24.4 Å². The first-order valence-electron chi connectivity index (χ1n) is 3.25. The molecule has 0 N–H and O–H groups in total. The van der Waals surface area contributed by atoms with Crippen molar-refractivity contribution in [3.05, 3.63) is 0 Å². The van der Waals surface area contributed by atoms with Crippen LogP contribution in [0.3, 0.4) is 0 Å². The molecule has 0 bridgehead atoms. The molecule has 0 rings (SSSR count). The molecule has 3 heteroatoms. The van der Waals surface area contributed by atoms with Crippen molar-refractivity contribution in [3.8, 4) is 0 Å². The summed E-state index contributed by atoms with van der Waals surface area (Å²) in [5, 5.41) is 0. The predicted molar refractivity (Wildman–Crippen MR) is 41.4 cm³/mol. The smallest absolute Gasteiger partial charge is 0.178 e. The molecule has 0 saturated carbocycles. The molecular formula is C7H13ClO2. The van der Waals surface area contributed by atoms with Crippen LogP contribution >= 0.6 is 11.6 Å². The number of Topliss-reactive ketones (excluding diaryl/α,β-unsaturated/α-hetero) is 1. The molecule has 0 aromatic carbocycles. The summed E-state index contributed by atoms with van der Waals surface area (Å²) in [7, 11) is 1.52. The SMILES string of the molecule is CCC(C)(OC)C(=O)CCl. The molecule has 1 atom stereocenters. The molecule has 0 aliphatic rings. The molecule has 0 aromatic rings. The minimum absolute atomic E-state index is 0.0260. The fourth-order valence-corrected chi connectivity index (χ4v) is 0.879. The number of carbonyl (C=O) groups excluding carboxylic acids is 1. The van der Waals surface area contributed by atoms with Crippen molar-refractivity contribution in [1.29, 1.82) is 0 Å². The Morgan fingerprint density at radius 3 is 2.30 bits per heavy atom. The first-order chi connectivity index (χ1) is 4.60. The molecule has 0 amide bonds. The lowest BCUT2D eigenvalue weighted by Crippen LogP contribution is -2.37. The molecule has 0 saturated heterocycles. The molecule has 0 radical (unpaired) electrons. The van der Waals surface area contributed by atoms with E-state index in [1.165, 1.54) is 7.11 Å². The number of hydrogen-bond donors (Lipinski definition) is 0. The van der Waals surface area contributed by atoms with Crippen molar-refractivity contribution in [2.24, 2.45) is 0 Å². The number of alkyl halides is 1. The van der Waals surface area contributed by atoms with E-state index in [1.54, 1.807) is 6.92 Å². The lowest BCUT2D eigenvalue weighted by atomic mass is 9.99. The van der Waals surface area contributed by atoms with Crippen LogP contribution in [0.5, 0.6) is 0 Å². The zero-order valence-electron chi connectivity index (χ0n) is 6.61. The number of carbonyl (C=O) groups is 1. The fourth-order valence-electron chi connectivity index (χ4n) is 0.597. The number of ketones is 1. The molecule has 60 valence electrons. The van der Waals surface area contributed by atoms with E-state index in [-0.39, 0.29) is 11.7 Å². The summed E-state index contributed by atoms with van der Waals surface area (Å²) < 4.78 is 5.01. The van der Waals surface area contributed by atoms with Crippen LogP contribution in [0.2, 0.25) is 0 Å². The first-order valence-corrected chi connectivity index (χ1v) is 3.78. The average molecular weight is 165 g/mol. The van der Waals surface area contributed by atoms with Gasteiger partial charge in [-0.1, -0.05) is 6.92 Å². The summed E-state index contributed by atoms with van der Waals surface area (Å²) in [5.41, 5.74) is -0.679. The van der Waals surface area contributed by atoms with Gasteiger partial charge in [0.05, 0.1) is 5.88 Å². The highest BCUT2D eigenvalue weighted by Crippen LogP contribution is 2.15. The van der Waals surface area contributed by atoms with Crippen molar-refractivity contribution in [2.75, 3.05) is 13.0 Å². The van der Waals surface area contributed by atoms with Gasteiger partial charge in [-0.2, -0.15) is 0 Å². The van der Waals surface area contributed by atoms with Gasteiger partial charge in [0.25, 0.3) is 0 Å². The summed E-state index contributed by atoms with van der Waals surface area (Å²) in [5.74, 6) is -0.0304. The predicted octanol–water partition coefficient (Wildman–Crippen LogP) is 1.61. The molecular weight excluding hydrogens is 152 g/mol. The van der Waals surface area contributed by atoms with Crippen molar-refractivity contribution >= 4 is 17.4 Å². The van der Waals surface area contributed by atoms with E-state index in [1.807, 2.05) is 6.92 Å². The first kappa shape index (κ1) is 9.92. The molecule has 10 heavy (non-hydrogen) atoms. The van der Waals surface area contributed by atoms with E-state index < -0.39 is 5.60 Å². The highest BCUT2D eigenvalue weighted by atomic mass is 35.5. The van der Waals surface area contributed by atoms with Gasteiger partial charge in [0, 0.05) is 7.11 Å². The highest BCUT2D eigenvalue weighted by Gasteiger charge is 2.29. The van der Waals surface area contributed by atoms with Gasteiger partial charge in [-0.3, -0.25) is 4.79 Å². The van der Waals surface area contributed by atoms with Crippen molar-refractivity contribution < 1.29 is 9.53 Å². The van der Waals surface area contributed by atoms with Crippen molar-refractivity contribution in [3.63, 3.8) is 0 Å². The highest BCUT2D eigenvalue weighted by molar-refractivity contribution is 6.28. The van der Waals surface area contributed by atoms with Crippen LogP contribution in [-0.2, 0) is 9.53 Å². The van der Waals surface area contributed by atoms with Crippen LogP contribution in [0.1, 0.15) is 20.3 Å². The van der Waals surface area contributed by atoms with E-state index in [9.17, 15) is 4.79 Å². The van der Waals surface area contributed by atoms with E-state index in [2.05, 4.69) is 0 Å². The lowest BCUT2D eigenvalue weighted by Gasteiger charge is -2.23. The molecule has 0 aliphatic heterocycles. The summed E-state index contributed by atoms with van der Waals surface area (Å²) in [6.07, 6.45) is 0.662. The summed E-state index contributed by atoms with van der Waals surface area (Å²) in [6.45, 7) is 3.64. The second kappa shape index (κ2) is 3.94. The Balaban J connectivity index is 4.17. The zero-order valence-corrected chi connectivity index (χ0v) is 7.36. The average Bonchev–Trinajstić information content (AvgIpc) is 2.01. The Kier molecular flexibility index (Phi) is 3.91. The second-order valence-corrected chi connectivity index (χ2v) is 2.61. The van der Waals surface area contributed by atoms with E-state index in [0.29, 0.717) is 6.42 Å². The Morgan fingerprint density at radius 2 is 2.20 bits per heavy atom. The minimum atomic E-state index is -0.679. The Hall–Kier alpha value is -0.0800. The normalized spacial score (nSPS) is 16.4. The second-order valence-electron chi connectivity index (χ2n) is 2.35. The monoisotopic (exact) mass is 164 g/mol. The van der Waals surface area contributed by atoms with Crippen LogP contribution in [0.25, 0.3) is 0 Å². The van der Waals surface area contributed by atoms with Crippen LogP contribution in [0, 0.1) is 0 Å². The number of hydrogen-bond acceptors (Lipinski definition) is 2. The molecule has 0 spiro atoms. The number of ether oxygens (including phenoxy) is 1. The number of rotatable bonds is 4. The zero-order chi connectivity index (χ0) is 8.20. The maximum atomic E-state index is 11.0. The summed E-state index contributed by atoms with van der Waals surface area (Å²) in [4.78, 5) is 11.0. The molecule has 0 aromatic heterocycles. The van der Waals surface area contributed by atoms with Gasteiger partial charge in [-0.25, -0.2) is 0 Å². The lowest BCUT2D eigenvalue weighted by molar-refractivity contribution is -0.136. The van der Waals surface area contributed by atoms with Gasteiger partial charge in [-0.05, 0) is 13.3 Å². The molecule has 0 fully saturated rings. The topological polar surface area (TPSA) is 26.3 Å². The third-order valence-electron chi connectivity index (χ3n) is 1.84. The molecule has 2 nitrogen and oxygen atoms in total. The number of methoxy groups -OCH3 is 1. The van der Waals surface area contributed by atoms with Gasteiger partial charge in [-0.15, -0.1) is 11.6 Å².